The zero-order valence-electron chi connectivity index (χ0n) is 11.7. The lowest BCUT2D eigenvalue weighted by Gasteiger charge is -2.23. The second-order valence-electron chi connectivity index (χ2n) is 6.51. The Labute approximate surface area is 117 Å². The fourth-order valence-electron chi connectivity index (χ4n) is 2.13. The Morgan fingerprint density at radius 3 is 2.39 bits per heavy atom. The van der Waals surface area contributed by atoms with E-state index in [1.54, 1.807) is 0 Å². The summed E-state index contributed by atoms with van der Waals surface area (Å²) in [7, 11) is -3.20. The van der Waals surface area contributed by atoms with Crippen LogP contribution >= 0.6 is 11.6 Å². The standard InChI is InChI=1S/C13H26ClNO2S/c1-13(2,3)9-10-18(16,17)15-12-8-6-4-5-7-11(12)14/h11-12,15H,4-10H2,1-3H3. The minimum Gasteiger partial charge on any atom is -0.212 e. The molecule has 1 aliphatic rings. The minimum absolute atomic E-state index is 0.0402. The molecule has 1 rings (SSSR count). The molecule has 2 atom stereocenters. The first-order valence-corrected chi connectivity index (χ1v) is 8.93. The Hall–Kier alpha value is 0.200. The van der Waals surface area contributed by atoms with E-state index in [9.17, 15) is 8.42 Å². The highest BCUT2D eigenvalue weighted by molar-refractivity contribution is 7.89. The molecule has 0 spiro atoms. The van der Waals surface area contributed by atoms with E-state index in [-0.39, 0.29) is 22.6 Å². The lowest BCUT2D eigenvalue weighted by atomic mass is 9.94. The molecule has 0 radical (unpaired) electrons. The van der Waals surface area contributed by atoms with E-state index in [1.807, 2.05) is 0 Å². The third-order valence-electron chi connectivity index (χ3n) is 3.38. The highest BCUT2D eigenvalue weighted by Gasteiger charge is 2.26. The molecule has 0 aromatic heterocycles. The topological polar surface area (TPSA) is 46.2 Å². The van der Waals surface area contributed by atoms with Gasteiger partial charge in [-0.3, -0.25) is 0 Å². The lowest BCUT2D eigenvalue weighted by Crippen LogP contribution is -2.42. The number of alkyl halides is 1. The van der Waals surface area contributed by atoms with Gasteiger partial charge in [0.1, 0.15) is 0 Å². The molecule has 0 heterocycles. The SMILES string of the molecule is CC(C)(C)CCS(=O)(=O)NC1CCCCCC1Cl. The van der Waals surface area contributed by atoms with Crippen molar-refractivity contribution in [2.24, 2.45) is 5.41 Å². The largest absolute Gasteiger partial charge is 0.212 e. The molecule has 2 unspecified atom stereocenters. The Kier molecular flexibility index (Phi) is 5.94. The van der Waals surface area contributed by atoms with Gasteiger partial charge in [-0.1, -0.05) is 40.0 Å². The molecule has 1 N–H and O–H groups in total. The fraction of sp³-hybridized carbons (Fsp3) is 1.00. The maximum Gasteiger partial charge on any atom is 0.211 e. The van der Waals surface area contributed by atoms with E-state index >= 15 is 0 Å². The molecule has 1 fully saturated rings. The molecule has 0 saturated heterocycles. The van der Waals surface area contributed by atoms with Crippen LogP contribution in [-0.4, -0.2) is 25.6 Å². The van der Waals surface area contributed by atoms with Gasteiger partial charge >= 0.3 is 0 Å². The molecule has 1 saturated carbocycles. The molecule has 0 bridgehead atoms. The van der Waals surface area contributed by atoms with Gasteiger partial charge in [0.05, 0.1) is 5.75 Å². The van der Waals surface area contributed by atoms with Crippen LogP contribution in [0.25, 0.3) is 0 Å². The van der Waals surface area contributed by atoms with Crippen molar-refractivity contribution in [3.63, 3.8) is 0 Å². The van der Waals surface area contributed by atoms with Crippen molar-refractivity contribution in [2.45, 2.75) is 70.7 Å². The van der Waals surface area contributed by atoms with Crippen molar-refractivity contribution >= 4 is 21.6 Å². The summed E-state index contributed by atoms with van der Waals surface area (Å²) >= 11 is 6.26. The van der Waals surface area contributed by atoms with Gasteiger partial charge in [0, 0.05) is 11.4 Å². The summed E-state index contributed by atoms with van der Waals surface area (Å²) < 4.78 is 26.9. The Bertz CT molecular complexity index is 348. The molecule has 0 aromatic carbocycles. The Morgan fingerprint density at radius 2 is 1.78 bits per heavy atom. The predicted octanol–water partition coefficient (Wildman–Crippen LogP) is 3.28. The fourth-order valence-corrected chi connectivity index (χ4v) is 4.29. The average Bonchev–Trinajstić information content (AvgIpc) is 2.41. The third-order valence-corrected chi connectivity index (χ3v) is 5.31. The molecular formula is C13H26ClNO2S. The van der Waals surface area contributed by atoms with E-state index in [2.05, 4.69) is 25.5 Å². The van der Waals surface area contributed by atoms with E-state index in [1.165, 1.54) is 0 Å². The molecule has 108 valence electrons. The first kappa shape index (κ1) is 16.3. The van der Waals surface area contributed by atoms with Gasteiger partial charge in [0.15, 0.2) is 0 Å². The first-order valence-electron chi connectivity index (χ1n) is 6.84. The molecule has 0 aromatic rings. The van der Waals surface area contributed by atoms with Gasteiger partial charge in [-0.25, -0.2) is 13.1 Å². The number of rotatable bonds is 4. The van der Waals surface area contributed by atoms with Crippen LogP contribution in [0.4, 0.5) is 0 Å². The first-order chi connectivity index (χ1) is 8.20. The smallest absolute Gasteiger partial charge is 0.211 e. The Balaban J connectivity index is 2.53. The third kappa shape index (κ3) is 6.39. The summed E-state index contributed by atoms with van der Waals surface area (Å²) in [5, 5.41) is -0.0584. The molecule has 0 aliphatic heterocycles. The van der Waals surface area contributed by atoms with Crippen molar-refractivity contribution in [1.29, 1.82) is 0 Å². The van der Waals surface area contributed by atoms with Crippen LogP contribution in [0.1, 0.15) is 59.3 Å². The van der Waals surface area contributed by atoms with Gasteiger partial charge in [-0.05, 0) is 24.7 Å². The van der Waals surface area contributed by atoms with Crippen molar-refractivity contribution in [1.82, 2.24) is 4.72 Å². The highest BCUT2D eigenvalue weighted by atomic mass is 35.5. The van der Waals surface area contributed by atoms with Gasteiger partial charge in [0.2, 0.25) is 10.0 Å². The van der Waals surface area contributed by atoms with Crippen LogP contribution in [0, 0.1) is 5.41 Å². The summed E-state index contributed by atoms with van der Waals surface area (Å²) in [4.78, 5) is 0. The maximum atomic E-state index is 12.0. The summed E-state index contributed by atoms with van der Waals surface area (Å²) in [6.07, 6.45) is 5.77. The number of hydrogen-bond donors (Lipinski definition) is 1. The summed E-state index contributed by atoms with van der Waals surface area (Å²) in [5.41, 5.74) is 0.0402. The normalized spacial score (nSPS) is 26.9. The number of nitrogens with one attached hydrogen (secondary N) is 1. The van der Waals surface area contributed by atoms with E-state index in [0.29, 0.717) is 6.42 Å². The highest BCUT2D eigenvalue weighted by Crippen LogP contribution is 2.24. The van der Waals surface area contributed by atoms with Crippen molar-refractivity contribution in [3.05, 3.63) is 0 Å². The minimum atomic E-state index is -3.20. The average molecular weight is 296 g/mol. The van der Waals surface area contributed by atoms with Gasteiger partial charge in [0.25, 0.3) is 0 Å². The van der Waals surface area contributed by atoms with Crippen molar-refractivity contribution in [3.8, 4) is 0 Å². The van der Waals surface area contributed by atoms with Crippen LogP contribution in [-0.2, 0) is 10.0 Å². The summed E-state index contributed by atoms with van der Waals surface area (Å²) in [6.45, 7) is 6.16. The zero-order chi connectivity index (χ0) is 13.8. The van der Waals surface area contributed by atoms with Crippen LogP contribution in [0.3, 0.4) is 0 Å². The van der Waals surface area contributed by atoms with Gasteiger partial charge in [-0.15, -0.1) is 11.6 Å². The lowest BCUT2D eigenvalue weighted by molar-refractivity contribution is 0.395. The van der Waals surface area contributed by atoms with E-state index in [4.69, 9.17) is 11.6 Å². The molecule has 18 heavy (non-hydrogen) atoms. The molecule has 5 heteroatoms. The quantitative estimate of drug-likeness (QED) is 0.639. The summed E-state index contributed by atoms with van der Waals surface area (Å²) in [6, 6.07) is -0.0841. The Morgan fingerprint density at radius 1 is 1.17 bits per heavy atom. The number of hydrogen-bond acceptors (Lipinski definition) is 2. The van der Waals surface area contributed by atoms with Crippen LogP contribution in [0.5, 0.6) is 0 Å². The maximum absolute atomic E-state index is 12.0. The van der Waals surface area contributed by atoms with Gasteiger partial charge in [-0.2, -0.15) is 0 Å². The van der Waals surface area contributed by atoms with Crippen molar-refractivity contribution in [2.75, 3.05) is 5.75 Å². The molecular weight excluding hydrogens is 270 g/mol. The van der Waals surface area contributed by atoms with Crippen molar-refractivity contribution < 1.29 is 8.42 Å². The molecule has 1 aliphatic carbocycles. The number of sulfonamides is 1. The van der Waals surface area contributed by atoms with Gasteiger partial charge < -0.3 is 0 Å². The monoisotopic (exact) mass is 295 g/mol. The van der Waals surface area contributed by atoms with Crippen LogP contribution < -0.4 is 4.72 Å². The second-order valence-corrected chi connectivity index (χ2v) is 8.94. The molecule has 3 nitrogen and oxygen atoms in total. The van der Waals surface area contributed by atoms with Crippen LogP contribution in [0.15, 0.2) is 0 Å². The second kappa shape index (κ2) is 6.58. The number of halogens is 1. The predicted molar refractivity (Wildman–Crippen MR) is 77.5 cm³/mol. The van der Waals surface area contributed by atoms with E-state index in [0.717, 1.165) is 32.1 Å². The molecule has 0 amide bonds. The van der Waals surface area contributed by atoms with Crippen LogP contribution in [0.2, 0.25) is 0 Å². The van der Waals surface area contributed by atoms with E-state index < -0.39 is 10.0 Å². The zero-order valence-corrected chi connectivity index (χ0v) is 13.3. The summed E-state index contributed by atoms with van der Waals surface area (Å²) in [5.74, 6) is 0.191.